The van der Waals surface area contributed by atoms with E-state index in [9.17, 15) is 19.3 Å². The molecule has 0 heterocycles. The Hall–Kier alpha value is -2.24. The molecule has 0 amide bonds. The van der Waals surface area contributed by atoms with Crippen LogP contribution in [-0.2, 0) is 0 Å². The molecule has 0 radical (unpaired) electrons. The molecule has 6 unspecified atom stereocenters. The lowest BCUT2D eigenvalue weighted by atomic mass is 9.82. The first-order valence-electron chi connectivity index (χ1n) is 12.1. The highest BCUT2D eigenvalue weighted by Gasteiger charge is 2.32. The van der Waals surface area contributed by atoms with Crippen molar-refractivity contribution in [2.24, 2.45) is 11.5 Å². The summed E-state index contributed by atoms with van der Waals surface area (Å²) in [6, 6.07) is 16.4. The van der Waals surface area contributed by atoms with E-state index >= 15 is 0 Å². The molecule has 0 aromatic heterocycles. The van der Waals surface area contributed by atoms with Gasteiger partial charge in [-0.25, -0.2) is 8.78 Å². The Morgan fingerprint density at radius 2 is 0.921 bits per heavy atom. The van der Waals surface area contributed by atoms with Gasteiger partial charge >= 0.3 is 0 Å². The lowest BCUT2D eigenvalue weighted by Gasteiger charge is -2.30. The molecule has 4 nitrogen and oxygen atoms in total. The van der Waals surface area contributed by atoms with Gasteiger partial charge in [-0.05, 0) is 61.1 Å². The summed E-state index contributed by atoms with van der Waals surface area (Å²) in [5, 5.41) is 18.6. The molecule has 0 aliphatic heterocycles. The minimum atomic E-state index is -0.513. The summed E-state index contributed by atoms with van der Waals surface area (Å²) in [5.41, 5.74) is 15.8. The Morgan fingerprint density at radius 1 is 0.605 bits per heavy atom. The molecule has 0 spiro atoms. The maximum absolute atomic E-state index is 13.7. The number of hydrogen-bond donors (Lipinski definition) is 6. The van der Waals surface area contributed by atoms with Crippen LogP contribution in [0.2, 0.25) is 0 Å². The fraction of sp³-hybridized carbons (Fsp3) is 0.357. The number of hydrogen-bond acceptors (Lipinski definition) is 8. The first-order valence-corrected chi connectivity index (χ1v) is 14.2. The quantitative estimate of drug-likeness (QED) is 0.240. The van der Waals surface area contributed by atoms with E-state index < -0.39 is 22.3 Å². The maximum Gasteiger partial charge on any atom is 0.123 e. The van der Waals surface area contributed by atoms with Crippen LogP contribution in [0.3, 0.4) is 0 Å². The van der Waals surface area contributed by atoms with Crippen molar-refractivity contribution < 1.29 is 8.78 Å². The van der Waals surface area contributed by atoms with E-state index in [4.69, 9.17) is 62.0 Å². The molecule has 2 aromatic carbocycles. The van der Waals surface area contributed by atoms with Crippen LogP contribution < -0.4 is 11.5 Å². The molecule has 2 aromatic rings. The number of thiol groups is 4. The average Bonchev–Trinajstić information content (AvgIpc) is 2.91. The summed E-state index contributed by atoms with van der Waals surface area (Å²) in [6.45, 7) is 0. The lowest BCUT2D eigenvalue weighted by molar-refractivity contribution is 0.607. The van der Waals surface area contributed by atoms with Crippen molar-refractivity contribution in [2.45, 2.75) is 58.5 Å². The van der Waals surface area contributed by atoms with Crippen LogP contribution >= 0.6 is 50.5 Å². The summed E-state index contributed by atoms with van der Waals surface area (Å²) in [5.74, 6) is -1.80. The molecule has 0 saturated carbocycles. The second kappa shape index (κ2) is 13.7. The van der Waals surface area contributed by atoms with E-state index in [1.807, 2.05) is 0 Å². The topological polar surface area (TPSA) is 99.6 Å². The lowest BCUT2D eigenvalue weighted by Crippen LogP contribution is -2.27. The standard InChI is InChI=1S/C28H30F2N4S4/c29-17-5-1-15(2-6-17)25-19(13-31)27(33)23(37)12-10-22(36)26(16-3-7-18(30)8-4-16)20(14-32)28(34)24(38)11-9-21(25)35/h1-8,21-26,35-38H,9-12,33-34H2. The zero-order valence-electron chi connectivity index (χ0n) is 20.5. The Bertz CT molecular complexity index is 1170. The van der Waals surface area contributed by atoms with E-state index in [-0.39, 0.29) is 22.1 Å². The second-order valence-electron chi connectivity index (χ2n) is 9.34. The molecule has 200 valence electrons. The summed E-state index contributed by atoms with van der Waals surface area (Å²) in [7, 11) is 0. The van der Waals surface area contributed by atoms with E-state index in [2.05, 4.69) is 12.1 Å². The summed E-state index contributed by atoms with van der Waals surface area (Å²) < 4.78 is 27.4. The molecule has 1 aliphatic rings. The molecule has 38 heavy (non-hydrogen) atoms. The van der Waals surface area contributed by atoms with Crippen LogP contribution in [0.4, 0.5) is 8.78 Å². The third-order valence-corrected chi connectivity index (χ3v) is 9.09. The summed E-state index contributed by atoms with van der Waals surface area (Å²) >= 11 is 19.1. The fourth-order valence-corrected chi connectivity index (χ4v) is 6.31. The summed E-state index contributed by atoms with van der Waals surface area (Å²) in [4.78, 5) is 0. The molecular formula is C28H30F2N4S4. The molecule has 0 bridgehead atoms. The van der Waals surface area contributed by atoms with Crippen molar-refractivity contribution in [2.75, 3.05) is 0 Å². The molecule has 10 heteroatoms. The number of nitrogens with two attached hydrogens (primary N) is 2. The number of rotatable bonds is 2. The van der Waals surface area contributed by atoms with Gasteiger partial charge in [-0.3, -0.25) is 0 Å². The number of allylic oxidation sites excluding steroid dienone is 2. The average molecular weight is 589 g/mol. The third kappa shape index (κ3) is 7.04. The van der Waals surface area contributed by atoms with Gasteiger partial charge in [0.1, 0.15) is 11.6 Å². The van der Waals surface area contributed by atoms with Gasteiger partial charge in [0.25, 0.3) is 0 Å². The number of nitriles is 2. The van der Waals surface area contributed by atoms with E-state index in [0.29, 0.717) is 59.4 Å². The Balaban J connectivity index is 2.11. The first kappa shape index (κ1) is 30.3. The van der Waals surface area contributed by atoms with Crippen LogP contribution in [0.15, 0.2) is 71.1 Å². The minimum absolute atomic E-state index is 0.318. The van der Waals surface area contributed by atoms with E-state index in [0.717, 1.165) is 0 Å². The van der Waals surface area contributed by atoms with Gasteiger partial charge < -0.3 is 11.5 Å². The van der Waals surface area contributed by atoms with Crippen LogP contribution in [0.1, 0.15) is 48.6 Å². The highest BCUT2D eigenvalue weighted by atomic mass is 32.1. The third-order valence-electron chi connectivity index (χ3n) is 6.90. The van der Waals surface area contributed by atoms with E-state index in [1.54, 1.807) is 24.3 Å². The van der Waals surface area contributed by atoms with Crippen molar-refractivity contribution >= 4 is 50.5 Å². The molecule has 0 fully saturated rings. The van der Waals surface area contributed by atoms with Crippen molar-refractivity contribution in [3.63, 3.8) is 0 Å². The van der Waals surface area contributed by atoms with Gasteiger partial charge in [0.2, 0.25) is 0 Å². The normalized spacial score (nSPS) is 27.8. The molecule has 4 N–H and O–H groups in total. The minimum Gasteiger partial charge on any atom is -0.400 e. The molecule has 0 saturated heterocycles. The highest BCUT2D eigenvalue weighted by molar-refractivity contribution is 7.81. The van der Waals surface area contributed by atoms with Gasteiger partial charge in [0.05, 0.1) is 23.3 Å². The molecular weight excluding hydrogens is 559 g/mol. The maximum atomic E-state index is 13.7. The van der Waals surface area contributed by atoms with Gasteiger partial charge in [0.15, 0.2) is 0 Å². The van der Waals surface area contributed by atoms with Crippen LogP contribution in [0, 0.1) is 34.3 Å². The number of halogens is 2. The fourth-order valence-electron chi connectivity index (χ4n) is 4.79. The number of benzene rings is 2. The Labute approximate surface area is 244 Å². The summed E-state index contributed by atoms with van der Waals surface area (Å²) in [6.07, 6.45) is 1.84. The van der Waals surface area contributed by atoms with Crippen molar-refractivity contribution in [1.29, 1.82) is 10.5 Å². The van der Waals surface area contributed by atoms with Crippen molar-refractivity contribution in [1.82, 2.24) is 0 Å². The van der Waals surface area contributed by atoms with E-state index in [1.165, 1.54) is 24.3 Å². The van der Waals surface area contributed by atoms with Crippen LogP contribution in [-0.4, -0.2) is 21.0 Å². The number of nitrogens with zero attached hydrogens (tertiary/aromatic N) is 2. The van der Waals surface area contributed by atoms with Gasteiger partial charge in [-0.2, -0.15) is 61.0 Å². The highest BCUT2D eigenvalue weighted by Crippen LogP contribution is 2.40. The predicted octanol–water partition coefficient (Wildman–Crippen LogP) is 6.07. The zero-order chi connectivity index (χ0) is 28.0. The smallest absolute Gasteiger partial charge is 0.123 e. The Morgan fingerprint density at radius 3 is 1.21 bits per heavy atom. The predicted molar refractivity (Wildman–Crippen MR) is 161 cm³/mol. The van der Waals surface area contributed by atoms with Gasteiger partial charge in [-0.1, -0.05) is 24.3 Å². The first-order chi connectivity index (χ1) is 18.1. The molecule has 3 rings (SSSR count). The Kier molecular flexibility index (Phi) is 10.9. The zero-order valence-corrected chi connectivity index (χ0v) is 24.1. The van der Waals surface area contributed by atoms with Crippen LogP contribution in [0.25, 0.3) is 0 Å². The monoisotopic (exact) mass is 588 g/mol. The SMILES string of the molecule is N#CC1=C(N)C(S)CCC(S)C(c2ccc(F)cc2)C(C#N)=C(N)C(S)CCC(S)C1c1ccc(F)cc1. The van der Waals surface area contributed by atoms with Crippen LogP contribution in [0.5, 0.6) is 0 Å². The van der Waals surface area contributed by atoms with Gasteiger partial charge in [0, 0.05) is 44.2 Å². The van der Waals surface area contributed by atoms with Crippen molar-refractivity contribution in [3.05, 3.63) is 93.8 Å². The second-order valence-corrected chi connectivity index (χ2v) is 11.9. The largest absolute Gasteiger partial charge is 0.400 e. The van der Waals surface area contributed by atoms with Gasteiger partial charge in [-0.15, -0.1) is 0 Å². The molecule has 1 aliphatic carbocycles. The molecule has 6 atom stereocenters. The van der Waals surface area contributed by atoms with Crippen molar-refractivity contribution in [3.8, 4) is 12.1 Å².